The molecule has 0 rings (SSSR count). The van der Waals surface area contributed by atoms with E-state index in [1.54, 1.807) is 7.05 Å². The zero-order valence-corrected chi connectivity index (χ0v) is 9.70. The number of unbranched alkanes of at least 4 members (excludes halogenated alkanes) is 4. The second-order valence-electron chi connectivity index (χ2n) is 3.88. The Bertz CT molecular complexity index is 173. The topological polar surface area (TPSA) is 69.6 Å². The van der Waals surface area contributed by atoms with E-state index < -0.39 is 12.1 Å². The smallest absolute Gasteiger partial charge is 0.334 e. The molecule has 4 heteroatoms. The minimum atomic E-state index is -1.29. The van der Waals surface area contributed by atoms with E-state index in [9.17, 15) is 9.90 Å². The SMILES string of the molecule is CCCCCCC[C@H](NC)[C@H](O)C(=O)O. The molecule has 0 unspecified atom stereocenters. The molecule has 0 fully saturated rings. The molecule has 0 aromatic rings. The summed E-state index contributed by atoms with van der Waals surface area (Å²) < 4.78 is 0. The molecule has 15 heavy (non-hydrogen) atoms. The van der Waals surface area contributed by atoms with Gasteiger partial charge in [-0.2, -0.15) is 0 Å². The van der Waals surface area contributed by atoms with E-state index in [0.29, 0.717) is 6.42 Å². The van der Waals surface area contributed by atoms with Gasteiger partial charge < -0.3 is 15.5 Å². The van der Waals surface area contributed by atoms with Crippen LogP contribution in [-0.2, 0) is 4.79 Å². The highest BCUT2D eigenvalue weighted by molar-refractivity contribution is 5.72. The van der Waals surface area contributed by atoms with Crippen LogP contribution in [0.3, 0.4) is 0 Å². The van der Waals surface area contributed by atoms with Gasteiger partial charge in [-0.1, -0.05) is 39.0 Å². The molecular formula is C11H23NO3. The molecule has 4 nitrogen and oxygen atoms in total. The first-order valence-corrected chi connectivity index (χ1v) is 5.71. The first-order chi connectivity index (χ1) is 7.13. The van der Waals surface area contributed by atoms with E-state index in [0.717, 1.165) is 12.8 Å². The summed E-state index contributed by atoms with van der Waals surface area (Å²) in [5, 5.41) is 20.8. The van der Waals surface area contributed by atoms with Gasteiger partial charge in [-0.3, -0.25) is 0 Å². The first-order valence-electron chi connectivity index (χ1n) is 5.71. The van der Waals surface area contributed by atoms with Crippen molar-refractivity contribution in [3.8, 4) is 0 Å². The van der Waals surface area contributed by atoms with Gasteiger partial charge in [-0.05, 0) is 13.5 Å². The quantitative estimate of drug-likeness (QED) is 0.510. The minimum absolute atomic E-state index is 0.330. The Morgan fingerprint density at radius 1 is 1.27 bits per heavy atom. The predicted molar refractivity (Wildman–Crippen MR) is 59.9 cm³/mol. The molecule has 0 aliphatic carbocycles. The Kier molecular flexibility index (Phi) is 8.33. The molecule has 0 aliphatic rings. The number of aliphatic carboxylic acids is 1. The first kappa shape index (κ1) is 14.4. The summed E-state index contributed by atoms with van der Waals surface area (Å²) in [4.78, 5) is 10.5. The Morgan fingerprint density at radius 2 is 1.87 bits per heavy atom. The lowest BCUT2D eigenvalue weighted by molar-refractivity contribution is -0.148. The Hall–Kier alpha value is -0.610. The number of hydrogen-bond acceptors (Lipinski definition) is 3. The fourth-order valence-electron chi connectivity index (χ4n) is 1.60. The van der Waals surface area contributed by atoms with E-state index in [4.69, 9.17) is 5.11 Å². The Morgan fingerprint density at radius 3 is 2.33 bits per heavy atom. The number of nitrogens with one attached hydrogen (secondary N) is 1. The molecule has 2 atom stereocenters. The van der Waals surface area contributed by atoms with E-state index in [1.165, 1.54) is 19.3 Å². The van der Waals surface area contributed by atoms with Crippen molar-refractivity contribution in [3.05, 3.63) is 0 Å². The van der Waals surface area contributed by atoms with Crippen LogP contribution < -0.4 is 5.32 Å². The van der Waals surface area contributed by atoms with Crippen LogP contribution in [0.2, 0.25) is 0 Å². The molecule has 0 spiro atoms. The average Bonchev–Trinajstić information content (AvgIpc) is 2.22. The number of carbonyl (C=O) groups is 1. The van der Waals surface area contributed by atoms with Gasteiger partial charge in [0.15, 0.2) is 6.10 Å². The van der Waals surface area contributed by atoms with Crippen molar-refractivity contribution in [2.24, 2.45) is 0 Å². The van der Waals surface area contributed by atoms with Crippen molar-refractivity contribution in [1.82, 2.24) is 5.32 Å². The number of hydrogen-bond donors (Lipinski definition) is 3. The molecule has 0 amide bonds. The van der Waals surface area contributed by atoms with Crippen LogP contribution in [0.1, 0.15) is 45.4 Å². The maximum atomic E-state index is 10.5. The lowest BCUT2D eigenvalue weighted by Gasteiger charge is -2.18. The molecule has 90 valence electrons. The molecule has 0 heterocycles. The number of carboxylic acid groups (broad SMARTS) is 1. The molecule has 3 N–H and O–H groups in total. The predicted octanol–water partition coefficient (Wildman–Crippen LogP) is 1.38. The monoisotopic (exact) mass is 217 g/mol. The molecule has 0 radical (unpaired) electrons. The van der Waals surface area contributed by atoms with Crippen LogP contribution >= 0.6 is 0 Å². The van der Waals surface area contributed by atoms with Gasteiger partial charge in [-0.15, -0.1) is 0 Å². The summed E-state index contributed by atoms with van der Waals surface area (Å²) in [6.45, 7) is 2.16. The van der Waals surface area contributed by atoms with Gasteiger partial charge >= 0.3 is 5.97 Å². The van der Waals surface area contributed by atoms with Crippen LogP contribution in [0.15, 0.2) is 0 Å². The van der Waals surface area contributed by atoms with Gasteiger partial charge in [-0.25, -0.2) is 4.79 Å². The number of carboxylic acids is 1. The Balaban J connectivity index is 3.66. The maximum Gasteiger partial charge on any atom is 0.334 e. The summed E-state index contributed by atoms with van der Waals surface area (Å²) in [5.41, 5.74) is 0. The Labute approximate surface area is 91.7 Å². The lowest BCUT2D eigenvalue weighted by Crippen LogP contribution is -2.42. The van der Waals surface area contributed by atoms with E-state index >= 15 is 0 Å². The van der Waals surface area contributed by atoms with E-state index in [2.05, 4.69) is 12.2 Å². The summed E-state index contributed by atoms with van der Waals surface area (Å²) in [7, 11) is 1.68. The molecule has 0 aliphatic heterocycles. The fourth-order valence-corrected chi connectivity index (χ4v) is 1.60. The lowest BCUT2D eigenvalue weighted by atomic mass is 10.0. The zero-order valence-electron chi connectivity index (χ0n) is 9.70. The van der Waals surface area contributed by atoms with Crippen LogP contribution in [0.5, 0.6) is 0 Å². The molecule has 0 aromatic carbocycles. The second kappa shape index (κ2) is 8.68. The highest BCUT2D eigenvalue weighted by Gasteiger charge is 2.23. The molecule has 0 saturated heterocycles. The van der Waals surface area contributed by atoms with Gasteiger partial charge in [0.1, 0.15) is 0 Å². The zero-order chi connectivity index (χ0) is 11.7. The van der Waals surface area contributed by atoms with Crippen molar-refractivity contribution < 1.29 is 15.0 Å². The molecule has 0 aromatic heterocycles. The third-order valence-electron chi connectivity index (χ3n) is 2.62. The average molecular weight is 217 g/mol. The number of rotatable bonds is 9. The van der Waals surface area contributed by atoms with Crippen LogP contribution in [0.25, 0.3) is 0 Å². The summed E-state index contributed by atoms with van der Waals surface area (Å²) in [6, 6.07) is -0.330. The van der Waals surface area contributed by atoms with Gasteiger partial charge in [0.2, 0.25) is 0 Å². The van der Waals surface area contributed by atoms with E-state index in [-0.39, 0.29) is 6.04 Å². The van der Waals surface area contributed by atoms with Crippen LogP contribution in [0, 0.1) is 0 Å². The standard InChI is InChI=1S/C11H23NO3/c1-3-4-5-6-7-8-9(12-2)10(13)11(14)15/h9-10,12-13H,3-8H2,1-2H3,(H,14,15)/t9-,10-/m0/s1. The minimum Gasteiger partial charge on any atom is -0.479 e. The maximum absolute atomic E-state index is 10.5. The van der Waals surface area contributed by atoms with Crippen LogP contribution in [0.4, 0.5) is 0 Å². The number of likely N-dealkylation sites (N-methyl/N-ethyl adjacent to an activating group) is 1. The molecule has 0 saturated carbocycles. The number of aliphatic hydroxyl groups is 1. The fraction of sp³-hybridized carbons (Fsp3) is 0.909. The molecule has 0 bridgehead atoms. The van der Waals surface area contributed by atoms with Crippen molar-refractivity contribution in [2.75, 3.05) is 7.05 Å². The van der Waals surface area contributed by atoms with Gasteiger partial charge in [0.25, 0.3) is 0 Å². The highest BCUT2D eigenvalue weighted by Crippen LogP contribution is 2.09. The van der Waals surface area contributed by atoms with E-state index in [1.807, 2.05) is 0 Å². The van der Waals surface area contributed by atoms with Crippen molar-refractivity contribution in [1.29, 1.82) is 0 Å². The summed E-state index contributed by atoms with van der Waals surface area (Å²) in [5.74, 6) is -1.15. The van der Waals surface area contributed by atoms with Gasteiger partial charge in [0, 0.05) is 6.04 Å². The van der Waals surface area contributed by atoms with Crippen molar-refractivity contribution >= 4 is 5.97 Å². The third-order valence-corrected chi connectivity index (χ3v) is 2.62. The second-order valence-corrected chi connectivity index (χ2v) is 3.88. The normalized spacial score (nSPS) is 14.9. The number of aliphatic hydroxyl groups excluding tert-OH is 1. The molecular weight excluding hydrogens is 194 g/mol. The van der Waals surface area contributed by atoms with Crippen molar-refractivity contribution in [3.63, 3.8) is 0 Å². The van der Waals surface area contributed by atoms with Crippen molar-refractivity contribution in [2.45, 2.75) is 57.6 Å². The third kappa shape index (κ3) is 6.47. The highest BCUT2D eigenvalue weighted by atomic mass is 16.4. The summed E-state index contributed by atoms with van der Waals surface area (Å²) in [6.07, 6.45) is 5.12. The summed E-state index contributed by atoms with van der Waals surface area (Å²) >= 11 is 0. The largest absolute Gasteiger partial charge is 0.479 e. The van der Waals surface area contributed by atoms with Crippen LogP contribution in [-0.4, -0.2) is 35.4 Å². The van der Waals surface area contributed by atoms with Gasteiger partial charge in [0.05, 0.1) is 0 Å².